The average molecular weight is 269 g/mol. The number of para-hydroxylation sites is 1. The van der Waals surface area contributed by atoms with E-state index in [0.29, 0.717) is 0 Å². The maximum absolute atomic E-state index is 12.6. The van der Waals surface area contributed by atoms with Crippen molar-refractivity contribution >= 4 is 17.5 Å². The molecule has 0 saturated carbocycles. The van der Waals surface area contributed by atoms with Crippen molar-refractivity contribution in [2.24, 2.45) is 11.8 Å². The predicted molar refractivity (Wildman–Crippen MR) is 78.3 cm³/mol. The lowest BCUT2D eigenvalue weighted by atomic mass is 9.78. The van der Waals surface area contributed by atoms with Crippen LogP contribution in [0, 0.1) is 18.8 Å². The van der Waals surface area contributed by atoms with E-state index in [1.54, 1.807) is 0 Å². The van der Waals surface area contributed by atoms with Crippen LogP contribution in [-0.2, 0) is 9.59 Å². The van der Waals surface area contributed by atoms with Gasteiger partial charge in [0, 0.05) is 0 Å². The minimum atomic E-state index is -0.161. The molecule has 2 aliphatic rings. The number of nitrogens with zero attached hydrogens (tertiary/aromatic N) is 1. The molecule has 2 unspecified atom stereocenters. The number of amides is 2. The maximum atomic E-state index is 12.6. The van der Waals surface area contributed by atoms with Gasteiger partial charge in [0.1, 0.15) is 0 Å². The van der Waals surface area contributed by atoms with Crippen LogP contribution in [0.4, 0.5) is 5.69 Å². The molecular weight excluding hydrogens is 250 g/mol. The molecule has 1 saturated heterocycles. The lowest BCUT2D eigenvalue weighted by Crippen LogP contribution is -2.31. The van der Waals surface area contributed by atoms with Crippen molar-refractivity contribution in [2.45, 2.75) is 33.6 Å². The number of hydrogen-bond donors (Lipinski definition) is 0. The second-order valence-electron chi connectivity index (χ2n) is 5.98. The summed E-state index contributed by atoms with van der Waals surface area (Å²) in [5.74, 6) is -0.376. The van der Waals surface area contributed by atoms with E-state index in [2.05, 4.69) is 13.8 Å². The van der Waals surface area contributed by atoms with Gasteiger partial charge < -0.3 is 0 Å². The third kappa shape index (κ3) is 1.80. The number of hydrogen-bond acceptors (Lipinski definition) is 2. The summed E-state index contributed by atoms with van der Waals surface area (Å²) in [6, 6.07) is 7.59. The van der Waals surface area contributed by atoms with Crippen molar-refractivity contribution in [1.82, 2.24) is 0 Å². The van der Waals surface area contributed by atoms with Crippen LogP contribution in [0.25, 0.3) is 0 Å². The summed E-state index contributed by atoms with van der Waals surface area (Å²) >= 11 is 0. The monoisotopic (exact) mass is 269 g/mol. The molecule has 1 fully saturated rings. The molecule has 2 atom stereocenters. The molecule has 0 N–H and O–H groups in total. The molecule has 0 spiro atoms. The van der Waals surface area contributed by atoms with E-state index in [-0.39, 0.29) is 23.7 Å². The van der Waals surface area contributed by atoms with E-state index in [0.717, 1.165) is 24.1 Å². The summed E-state index contributed by atoms with van der Waals surface area (Å²) < 4.78 is 0. The Morgan fingerprint density at radius 2 is 1.40 bits per heavy atom. The number of anilines is 1. The molecular formula is C17H19NO2. The number of imide groups is 1. The first-order valence-corrected chi connectivity index (χ1v) is 7.09. The van der Waals surface area contributed by atoms with Crippen LogP contribution in [0.5, 0.6) is 0 Å². The zero-order valence-electron chi connectivity index (χ0n) is 12.1. The van der Waals surface area contributed by atoms with Crippen molar-refractivity contribution < 1.29 is 9.59 Å². The number of allylic oxidation sites excluding steroid dienone is 2. The highest BCUT2D eigenvalue weighted by Crippen LogP contribution is 2.42. The lowest BCUT2D eigenvalue weighted by molar-refractivity contribution is -0.122. The van der Waals surface area contributed by atoms with Gasteiger partial charge in [-0.25, -0.2) is 4.90 Å². The third-order valence-electron chi connectivity index (χ3n) is 4.70. The lowest BCUT2D eigenvalue weighted by Gasteiger charge is -2.23. The number of aryl methyl sites for hydroxylation is 1. The van der Waals surface area contributed by atoms with Crippen LogP contribution in [0.15, 0.2) is 35.4 Å². The first kappa shape index (κ1) is 13.1. The Morgan fingerprint density at radius 3 is 1.90 bits per heavy atom. The van der Waals surface area contributed by atoms with E-state index in [1.807, 2.05) is 31.2 Å². The van der Waals surface area contributed by atoms with Gasteiger partial charge in [0.15, 0.2) is 0 Å². The highest BCUT2D eigenvalue weighted by molar-refractivity contribution is 6.22. The van der Waals surface area contributed by atoms with Gasteiger partial charge in [0.2, 0.25) is 11.8 Å². The second-order valence-corrected chi connectivity index (χ2v) is 5.98. The smallest absolute Gasteiger partial charge is 0.238 e. The van der Waals surface area contributed by atoms with Crippen LogP contribution in [0.3, 0.4) is 0 Å². The minimum Gasteiger partial charge on any atom is -0.274 e. The summed E-state index contributed by atoms with van der Waals surface area (Å²) in [5.41, 5.74) is 4.24. The summed E-state index contributed by atoms with van der Waals surface area (Å²) in [4.78, 5) is 26.7. The van der Waals surface area contributed by atoms with Gasteiger partial charge in [-0.3, -0.25) is 9.59 Å². The fourth-order valence-electron chi connectivity index (χ4n) is 3.30. The van der Waals surface area contributed by atoms with Gasteiger partial charge in [0.25, 0.3) is 0 Å². The molecule has 0 radical (unpaired) electrons. The number of benzene rings is 1. The number of carbonyl (C=O) groups excluding carboxylic acids is 2. The number of carbonyl (C=O) groups is 2. The first-order valence-electron chi connectivity index (χ1n) is 7.09. The maximum Gasteiger partial charge on any atom is 0.238 e. The van der Waals surface area contributed by atoms with Crippen molar-refractivity contribution in [3.8, 4) is 0 Å². The highest BCUT2D eigenvalue weighted by atomic mass is 16.2. The largest absolute Gasteiger partial charge is 0.274 e. The average Bonchev–Trinajstić information content (AvgIpc) is 2.64. The van der Waals surface area contributed by atoms with Crippen molar-refractivity contribution in [3.63, 3.8) is 0 Å². The Labute approximate surface area is 119 Å². The number of fused-ring (bicyclic) bond motifs is 1. The molecule has 0 aromatic heterocycles. The van der Waals surface area contributed by atoms with E-state index in [1.165, 1.54) is 16.0 Å². The molecule has 3 heteroatoms. The molecule has 1 aliphatic carbocycles. The molecule has 3 rings (SSSR count). The fourth-order valence-corrected chi connectivity index (χ4v) is 3.30. The number of rotatable bonds is 1. The Morgan fingerprint density at radius 1 is 0.900 bits per heavy atom. The Balaban J connectivity index is 2.00. The highest BCUT2D eigenvalue weighted by Gasteiger charge is 2.49. The van der Waals surface area contributed by atoms with Crippen LogP contribution >= 0.6 is 0 Å². The zero-order valence-corrected chi connectivity index (χ0v) is 12.1. The van der Waals surface area contributed by atoms with Gasteiger partial charge in [-0.2, -0.15) is 0 Å². The van der Waals surface area contributed by atoms with Gasteiger partial charge in [0.05, 0.1) is 17.5 Å². The fraction of sp³-hybridized carbons (Fsp3) is 0.412. The van der Waals surface area contributed by atoms with Crippen LogP contribution in [0.1, 0.15) is 32.3 Å². The summed E-state index contributed by atoms with van der Waals surface area (Å²) in [5, 5.41) is 0. The first-order chi connectivity index (χ1) is 9.50. The third-order valence-corrected chi connectivity index (χ3v) is 4.70. The van der Waals surface area contributed by atoms with Gasteiger partial charge >= 0.3 is 0 Å². The van der Waals surface area contributed by atoms with Crippen molar-refractivity contribution in [1.29, 1.82) is 0 Å². The quantitative estimate of drug-likeness (QED) is 0.580. The van der Waals surface area contributed by atoms with Crippen molar-refractivity contribution in [2.75, 3.05) is 4.90 Å². The molecule has 2 amide bonds. The molecule has 1 heterocycles. The van der Waals surface area contributed by atoms with Crippen LogP contribution in [-0.4, -0.2) is 11.8 Å². The molecule has 0 bridgehead atoms. The minimum absolute atomic E-state index is 0.0267. The van der Waals surface area contributed by atoms with Gasteiger partial charge in [-0.15, -0.1) is 0 Å². The molecule has 1 aromatic rings. The van der Waals surface area contributed by atoms with Crippen LogP contribution < -0.4 is 4.90 Å². The molecule has 1 aliphatic heterocycles. The second kappa shape index (κ2) is 4.58. The Kier molecular flexibility index (Phi) is 3.00. The summed E-state index contributed by atoms with van der Waals surface area (Å²) in [6.07, 6.45) is 1.45. The summed E-state index contributed by atoms with van der Waals surface area (Å²) in [6.45, 7) is 6.08. The topological polar surface area (TPSA) is 37.4 Å². The Bertz CT molecular complexity index is 598. The Hall–Kier alpha value is -1.90. The van der Waals surface area contributed by atoms with E-state index < -0.39 is 0 Å². The molecule has 3 nitrogen and oxygen atoms in total. The van der Waals surface area contributed by atoms with Crippen LogP contribution in [0.2, 0.25) is 0 Å². The van der Waals surface area contributed by atoms with Gasteiger partial charge in [-0.05, 0) is 45.2 Å². The van der Waals surface area contributed by atoms with E-state index in [9.17, 15) is 9.59 Å². The molecule has 1 aromatic carbocycles. The van der Waals surface area contributed by atoms with Gasteiger partial charge in [-0.1, -0.05) is 29.3 Å². The van der Waals surface area contributed by atoms with E-state index in [4.69, 9.17) is 0 Å². The van der Waals surface area contributed by atoms with E-state index >= 15 is 0 Å². The molecule has 104 valence electrons. The van der Waals surface area contributed by atoms with Crippen molar-refractivity contribution in [3.05, 3.63) is 41.0 Å². The zero-order chi connectivity index (χ0) is 14.4. The molecule has 20 heavy (non-hydrogen) atoms. The standard InChI is InChI=1S/C17H19NO2/c1-10-6-4-5-7-15(10)18-16(19)13-8-11(2)12(3)9-14(13)17(18)20/h4-7,13-14H,8-9H2,1-3H3. The predicted octanol–water partition coefficient (Wildman–Crippen LogP) is 3.23. The normalized spacial score (nSPS) is 26.2. The summed E-state index contributed by atoms with van der Waals surface area (Å²) in [7, 11) is 0. The SMILES string of the molecule is CC1=C(C)CC2C(=O)N(c3ccccc3C)C(=O)C2C1.